The Labute approximate surface area is 83.8 Å². The van der Waals surface area contributed by atoms with Gasteiger partial charge in [0.2, 0.25) is 0 Å². The van der Waals surface area contributed by atoms with E-state index >= 15 is 0 Å². The van der Waals surface area contributed by atoms with E-state index in [1.165, 1.54) is 6.07 Å². The van der Waals surface area contributed by atoms with Crippen LogP contribution in [-0.4, -0.2) is 17.1 Å². The fraction of sp³-hybridized carbons (Fsp3) is 0.364. The molecule has 1 aromatic rings. The van der Waals surface area contributed by atoms with Crippen molar-refractivity contribution in [1.82, 2.24) is 5.32 Å². The third kappa shape index (κ3) is 2.49. The molecule has 0 fully saturated rings. The number of aromatic hydroxyl groups is 1. The summed E-state index contributed by atoms with van der Waals surface area (Å²) >= 11 is 0. The Bertz CT molecular complexity index is 345. The van der Waals surface area contributed by atoms with Gasteiger partial charge in [0.1, 0.15) is 5.75 Å². The Morgan fingerprint density at radius 2 is 2.07 bits per heavy atom. The van der Waals surface area contributed by atoms with E-state index in [1.54, 1.807) is 12.1 Å². The van der Waals surface area contributed by atoms with Gasteiger partial charge < -0.3 is 10.4 Å². The fourth-order valence-electron chi connectivity index (χ4n) is 1.17. The number of hydrogen-bond acceptors (Lipinski definition) is 2. The summed E-state index contributed by atoms with van der Waals surface area (Å²) in [7, 11) is 0. The Morgan fingerprint density at radius 3 is 2.64 bits per heavy atom. The molecular weight excluding hydrogens is 178 g/mol. The smallest absolute Gasteiger partial charge is 0.255 e. The number of rotatable bonds is 2. The number of aryl methyl sites for hydroxylation is 1. The van der Waals surface area contributed by atoms with Crippen LogP contribution in [0.5, 0.6) is 5.75 Å². The lowest BCUT2D eigenvalue weighted by Gasteiger charge is -2.09. The van der Waals surface area contributed by atoms with Gasteiger partial charge in [-0.1, -0.05) is 11.6 Å². The van der Waals surface area contributed by atoms with Crippen molar-refractivity contribution in [3.63, 3.8) is 0 Å². The Morgan fingerprint density at radius 1 is 1.43 bits per heavy atom. The average molecular weight is 193 g/mol. The van der Waals surface area contributed by atoms with Crippen LogP contribution in [0.15, 0.2) is 18.2 Å². The van der Waals surface area contributed by atoms with Gasteiger partial charge in [0.05, 0.1) is 5.56 Å². The SMILES string of the molecule is Cc1ccc(O)c(C(=O)NC(C)C)c1. The van der Waals surface area contributed by atoms with Crippen molar-refractivity contribution in [2.24, 2.45) is 0 Å². The van der Waals surface area contributed by atoms with Crippen LogP contribution in [0.4, 0.5) is 0 Å². The van der Waals surface area contributed by atoms with Gasteiger partial charge in [-0.3, -0.25) is 4.79 Å². The number of carbonyl (C=O) groups is 1. The minimum atomic E-state index is -0.235. The molecule has 2 N–H and O–H groups in total. The van der Waals surface area contributed by atoms with Crippen LogP contribution in [0.25, 0.3) is 0 Å². The highest BCUT2D eigenvalue weighted by Gasteiger charge is 2.11. The molecule has 0 aliphatic heterocycles. The molecule has 0 aliphatic carbocycles. The zero-order valence-electron chi connectivity index (χ0n) is 8.66. The van der Waals surface area contributed by atoms with Gasteiger partial charge in [-0.25, -0.2) is 0 Å². The standard InChI is InChI=1S/C11H15NO2/c1-7(2)12-11(14)9-6-8(3)4-5-10(9)13/h4-7,13H,1-3H3,(H,12,14). The molecule has 0 heterocycles. The number of nitrogens with one attached hydrogen (secondary N) is 1. The zero-order chi connectivity index (χ0) is 10.7. The van der Waals surface area contributed by atoms with Gasteiger partial charge in [-0.05, 0) is 32.9 Å². The minimum absolute atomic E-state index is 0.0220. The highest BCUT2D eigenvalue weighted by atomic mass is 16.3. The molecule has 1 rings (SSSR count). The first-order chi connectivity index (χ1) is 6.50. The Balaban J connectivity index is 2.94. The molecule has 1 amide bonds. The normalized spacial score (nSPS) is 10.3. The second-order valence-electron chi connectivity index (χ2n) is 3.65. The lowest BCUT2D eigenvalue weighted by atomic mass is 10.1. The first-order valence-electron chi connectivity index (χ1n) is 4.61. The van der Waals surface area contributed by atoms with Crippen LogP contribution in [0, 0.1) is 6.92 Å². The lowest BCUT2D eigenvalue weighted by molar-refractivity contribution is 0.0940. The van der Waals surface area contributed by atoms with Gasteiger partial charge in [0, 0.05) is 6.04 Å². The molecule has 76 valence electrons. The maximum Gasteiger partial charge on any atom is 0.255 e. The van der Waals surface area contributed by atoms with E-state index in [-0.39, 0.29) is 17.7 Å². The summed E-state index contributed by atoms with van der Waals surface area (Å²) < 4.78 is 0. The van der Waals surface area contributed by atoms with E-state index in [9.17, 15) is 9.90 Å². The van der Waals surface area contributed by atoms with Crippen molar-refractivity contribution in [1.29, 1.82) is 0 Å². The predicted molar refractivity (Wildman–Crippen MR) is 55.4 cm³/mol. The third-order valence-corrected chi connectivity index (χ3v) is 1.82. The number of phenols is 1. The molecule has 1 aromatic carbocycles. The lowest BCUT2D eigenvalue weighted by Crippen LogP contribution is -2.30. The van der Waals surface area contributed by atoms with Crippen molar-refractivity contribution < 1.29 is 9.90 Å². The van der Waals surface area contributed by atoms with Gasteiger partial charge in [0.25, 0.3) is 5.91 Å². The third-order valence-electron chi connectivity index (χ3n) is 1.82. The second-order valence-corrected chi connectivity index (χ2v) is 3.65. The van der Waals surface area contributed by atoms with E-state index in [4.69, 9.17) is 0 Å². The summed E-state index contributed by atoms with van der Waals surface area (Å²) in [6, 6.07) is 5.04. The summed E-state index contributed by atoms with van der Waals surface area (Å²) in [5.74, 6) is -0.213. The van der Waals surface area contributed by atoms with Crippen LogP contribution in [0.2, 0.25) is 0 Å². The first kappa shape index (κ1) is 10.6. The topological polar surface area (TPSA) is 49.3 Å². The van der Waals surface area contributed by atoms with Crippen LogP contribution in [0.1, 0.15) is 29.8 Å². The molecular formula is C11H15NO2. The van der Waals surface area contributed by atoms with E-state index < -0.39 is 0 Å². The summed E-state index contributed by atoms with van der Waals surface area (Å²) in [4.78, 5) is 11.6. The molecule has 0 atom stereocenters. The number of phenolic OH excluding ortho intramolecular Hbond substituents is 1. The van der Waals surface area contributed by atoms with Crippen LogP contribution in [0.3, 0.4) is 0 Å². The molecule has 0 radical (unpaired) electrons. The Kier molecular flexibility index (Phi) is 3.12. The van der Waals surface area contributed by atoms with Crippen molar-refractivity contribution in [3.05, 3.63) is 29.3 Å². The monoisotopic (exact) mass is 193 g/mol. The van der Waals surface area contributed by atoms with Crippen LogP contribution in [-0.2, 0) is 0 Å². The number of hydrogen-bond donors (Lipinski definition) is 2. The highest BCUT2D eigenvalue weighted by molar-refractivity contribution is 5.97. The maximum absolute atomic E-state index is 11.6. The number of amides is 1. The largest absolute Gasteiger partial charge is 0.507 e. The van der Waals surface area contributed by atoms with Crippen molar-refractivity contribution >= 4 is 5.91 Å². The van der Waals surface area contributed by atoms with Gasteiger partial charge >= 0.3 is 0 Å². The van der Waals surface area contributed by atoms with Gasteiger partial charge in [-0.15, -0.1) is 0 Å². The van der Waals surface area contributed by atoms with Crippen molar-refractivity contribution in [3.8, 4) is 5.75 Å². The molecule has 0 bridgehead atoms. The maximum atomic E-state index is 11.6. The first-order valence-corrected chi connectivity index (χ1v) is 4.61. The molecule has 3 nitrogen and oxygen atoms in total. The minimum Gasteiger partial charge on any atom is -0.507 e. The number of benzene rings is 1. The molecule has 0 unspecified atom stereocenters. The molecule has 0 aromatic heterocycles. The van der Waals surface area contributed by atoms with E-state index in [0.717, 1.165) is 5.56 Å². The molecule has 0 saturated heterocycles. The second kappa shape index (κ2) is 4.13. The number of carbonyl (C=O) groups excluding carboxylic acids is 1. The van der Waals surface area contributed by atoms with E-state index in [1.807, 2.05) is 20.8 Å². The summed E-state index contributed by atoms with van der Waals surface area (Å²) in [5.41, 5.74) is 1.29. The predicted octanol–water partition coefficient (Wildman–Crippen LogP) is 1.84. The highest BCUT2D eigenvalue weighted by Crippen LogP contribution is 2.17. The summed E-state index contributed by atoms with van der Waals surface area (Å²) in [6.07, 6.45) is 0. The van der Waals surface area contributed by atoms with Crippen molar-refractivity contribution in [2.45, 2.75) is 26.8 Å². The zero-order valence-corrected chi connectivity index (χ0v) is 8.66. The average Bonchev–Trinajstić information content (AvgIpc) is 2.08. The molecule has 0 spiro atoms. The van der Waals surface area contributed by atoms with E-state index in [0.29, 0.717) is 5.56 Å². The molecule has 14 heavy (non-hydrogen) atoms. The van der Waals surface area contributed by atoms with Crippen LogP contribution < -0.4 is 5.32 Å². The van der Waals surface area contributed by atoms with Gasteiger partial charge in [0.15, 0.2) is 0 Å². The molecule has 0 saturated carbocycles. The summed E-state index contributed by atoms with van der Waals surface area (Å²) in [6.45, 7) is 5.64. The van der Waals surface area contributed by atoms with Gasteiger partial charge in [-0.2, -0.15) is 0 Å². The molecule has 3 heteroatoms. The summed E-state index contributed by atoms with van der Waals surface area (Å²) in [5, 5.41) is 12.2. The van der Waals surface area contributed by atoms with Crippen molar-refractivity contribution in [2.75, 3.05) is 0 Å². The molecule has 0 aliphatic rings. The Hall–Kier alpha value is -1.51. The quantitative estimate of drug-likeness (QED) is 0.753. The fourth-order valence-corrected chi connectivity index (χ4v) is 1.17. The van der Waals surface area contributed by atoms with Crippen LogP contribution >= 0.6 is 0 Å². The van der Waals surface area contributed by atoms with E-state index in [2.05, 4.69) is 5.32 Å².